The van der Waals surface area contributed by atoms with Gasteiger partial charge in [0.1, 0.15) is 0 Å². The second kappa shape index (κ2) is 6.70. The van der Waals surface area contributed by atoms with Crippen molar-refractivity contribution in [3.63, 3.8) is 0 Å². The fourth-order valence-corrected chi connectivity index (χ4v) is 1.75. The van der Waals surface area contributed by atoms with Crippen LogP contribution in [0.5, 0.6) is 0 Å². The van der Waals surface area contributed by atoms with E-state index in [4.69, 9.17) is 9.63 Å². The predicted molar refractivity (Wildman–Crippen MR) is 73.1 cm³/mol. The van der Waals surface area contributed by atoms with Crippen molar-refractivity contribution in [2.75, 3.05) is 6.61 Å². The molecule has 108 valence electrons. The number of nitrogens with zero attached hydrogens (tertiary/aromatic N) is 1. The zero-order valence-corrected chi connectivity index (χ0v) is 12.2. The molecule has 0 aliphatic heterocycles. The van der Waals surface area contributed by atoms with E-state index >= 15 is 0 Å². The molecule has 0 saturated carbocycles. The predicted octanol–water partition coefficient (Wildman–Crippen LogP) is 2.47. The number of nitrogens with one attached hydrogen (secondary N) is 1. The summed E-state index contributed by atoms with van der Waals surface area (Å²) in [5, 5.41) is 15.9. The van der Waals surface area contributed by atoms with Crippen LogP contribution >= 0.6 is 0 Å². The van der Waals surface area contributed by atoms with E-state index in [2.05, 4.69) is 17.4 Å². The molecule has 0 bridgehead atoms. The first kappa shape index (κ1) is 15.7. The number of aromatic nitrogens is 1. The summed E-state index contributed by atoms with van der Waals surface area (Å²) in [6.45, 7) is 8.03. The van der Waals surface area contributed by atoms with E-state index in [1.165, 1.54) is 0 Å². The van der Waals surface area contributed by atoms with Gasteiger partial charge in [0.2, 0.25) is 5.76 Å². The first-order valence-corrected chi connectivity index (χ1v) is 6.85. The summed E-state index contributed by atoms with van der Waals surface area (Å²) in [5.74, 6) is 0.230. The summed E-state index contributed by atoms with van der Waals surface area (Å²) in [7, 11) is 0. The summed E-state index contributed by atoms with van der Waals surface area (Å²) in [6.07, 6.45) is 2.21. The Morgan fingerprint density at radius 3 is 2.79 bits per heavy atom. The molecule has 0 aliphatic carbocycles. The van der Waals surface area contributed by atoms with E-state index in [0.29, 0.717) is 6.42 Å². The third-order valence-electron chi connectivity index (χ3n) is 3.73. The molecule has 0 aromatic carbocycles. The van der Waals surface area contributed by atoms with Crippen LogP contribution in [0.2, 0.25) is 0 Å². The van der Waals surface area contributed by atoms with Crippen LogP contribution in [0.25, 0.3) is 0 Å². The lowest BCUT2D eigenvalue weighted by Crippen LogP contribution is -2.46. The van der Waals surface area contributed by atoms with Crippen LogP contribution in [0.3, 0.4) is 0 Å². The smallest absolute Gasteiger partial charge is 0.290 e. The summed E-state index contributed by atoms with van der Waals surface area (Å²) >= 11 is 0. The van der Waals surface area contributed by atoms with Crippen molar-refractivity contribution in [3.05, 3.63) is 17.5 Å². The third kappa shape index (κ3) is 4.06. The van der Waals surface area contributed by atoms with Gasteiger partial charge in [-0.15, -0.1) is 0 Å². The molecule has 1 aromatic heterocycles. The lowest BCUT2D eigenvalue weighted by atomic mass is 9.94. The van der Waals surface area contributed by atoms with Gasteiger partial charge in [-0.2, -0.15) is 0 Å². The Bertz CT molecular complexity index is 417. The fraction of sp³-hybridized carbons (Fsp3) is 0.714. The van der Waals surface area contributed by atoms with Crippen LogP contribution < -0.4 is 5.32 Å². The van der Waals surface area contributed by atoms with Gasteiger partial charge >= 0.3 is 0 Å². The number of carbonyl (C=O) groups is 1. The van der Waals surface area contributed by atoms with E-state index in [-0.39, 0.29) is 24.2 Å². The number of aliphatic hydroxyl groups excluding tert-OH is 1. The Balaban J connectivity index is 2.75. The Kier molecular flexibility index (Phi) is 5.54. The highest BCUT2D eigenvalue weighted by molar-refractivity contribution is 5.91. The minimum Gasteiger partial charge on any atom is -0.396 e. The van der Waals surface area contributed by atoms with E-state index in [0.717, 1.165) is 18.5 Å². The molecule has 1 aromatic rings. The zero-order chi connectivity index (χ0) is 14.5. The monoisotopic (exact) mass is 268 g/mol. The maximum Gasteiger partial charge on any atom is 0.290 e. The van der Waals surface area contributed by atoms with E-state index in [1.54, 1.807) is 6.07 Å². The van der Waals surface area contributed by atoms with Crippen LogP contribution in [0, 0.1) is 0 Å². The Morgan fingerprint density at radius 2 is 2.26 bits per heavy atom. The van der Waals surface area contributed by atoms with Gasteiger partial charge in [-0.3, -0.25) is 4.79 Å². The van der Waals surface area contributed by atoms with Gasteiger partial charge < -0.3 is 14.9 Å². The highest BCUT2D eigenvalue weighted by atomic mass is 16.5. The van der Waals surface area contributed by atoms with Crippen molar-refractivity contribution in [2.45, 2.75) is 58.4 Å². The largest absolute Gasteiger partial charge is 0.396 e. The van der Waals surface area contributed by atoms with Crippen LogP contribution in [-0.4, -0.2) is 28.3 Å². The van der Waals surface area contributed by atoms with Crippen LogP contribution in [0.4, 0.5) is 0 Å². The number of hydrogen-bond donors (Lipinski definition) is 2. The number of rotatable bonds is 7. The second-order valence-electron chi connectivity index (χ2n) is 5.27. The van der Waals surface area contributed by atoms with Gasteiger partial charge in [-0.1, -0.05) is 25.9 Å². The SMILES string of the molecule is CCC(C)c1cc(C(=O)NC(C)(CC)CCO)on1. The molecule has 1 amide bonds. The highest BCUT2D eigenvalue weighted by Gasteiger charge is 2.26. The number of amides is 1. The Morgan fingerprint density at radius 1 is 1.58 bits per heavy atom. The molecule has 2 N–H and O–H groups in total. The molecule has 5 nitrogen and oxygen atoms in total. The summed E-state index contributed by atoms with van der Waals surface area (Å²) < 4.78 is 5.09. The van der Waals surface area contributed by atoms with Crippen LogP contribution in [0.1, 0.15) is 69.1 Å². The molecule has 0 saturated heterocycles. The molecule has 5 heteroatoms. The molecule has 19 heavy (non-hydrogen) atoms. The van der Waals surface area contributed by atoms with Crippen molar-refractivity contribution in [1.29, 1.82) is 0 Å². The van der Waals surface area contributed by atoms with Gasteiger partial charge in [-0.25, -0.2) is 0 Å². The molecule has 2 atom stereocenters. The normalized spacial score (nSPS) is 15.8. The van der Waals surface area contributed by atoms with Crippen LogP contribution in [0.15, 0.2) is 10.6 Å². The first-order valence-electron chi connectivity index (χ1n) is 6.85. The highest BCUT2D eigenvalue weighted by Crippen LogP contribution is 2.19. The molecule has 0 fully saturated rings. The Labute approximate surface area is 114 Å². The molecule has 2 unspecified atom stereocenters. The van der Waals surface area contributed by atoms with Gasteiger partial charge in [0.05, 0.1) is 5.69 Å². The fourth-order valence-electron chi connectivity index (χ4n) is 1.75. The van der Waals surface area contributed by atoms with Gasteiger partial charge in [-0.05, 0) is 26.2 Å². The van der Waals surface area contributed by atoms with Gasteiger partial charge in [0, 0.05) is 24.1 Å². The summed E-state index contributed by atoms with van der Waals surface area (Å²) in [5.41, 5.74) is 0.378. The Hall–Kier alpha value is -1.36. The summed E-state index contributed by atoms with van der Waals surface area (Å²) in [6, 6.07) is 1.69. The van der Waals surface area contributed by atoms with E-state index in [9.17, 15) is 4.79 Å². The topological polar surface area (TPSA) is 75.4 Å². The lowest BCUT2D eigenvalue weighted by molar-refractivity contribution is 0.0848. The molecule has 0 spiro atoms. The third-order valence-corrected chi connectivity index (χ3v) is 3.73. The van der Waals surface area contributed by atoms with Crippen LogP contribution in [-0.2, 0) is 0 Å². The molecule has 0 radical (unpaired) electrons. The summed E-state index contributed by atoms with van der Waals surface area (Å²) in [4.78, 5) is 12.1. The van der Waals surface area contributed by atoms with Crippen molar-refractivity contribution in [3.8, 4) is 0 Å². The minimum atomic E-state index is -0.421. The maximum atomic E-state index is 12.1. The molecular formula is C14H24N2O3. The standard InChI is InChI=1S/C14H24N2O3/c1-5-10(3)11-9-12(19-16-11)13(18)15-14(4,6-2)7-8-17/h9-10,17H,5-8H2,1-4H3,(H,15,18). The molecule has 1 rings (SSSR count). The van der Waals surface area contributed by atoms with Crippen molar-refractivity contribution in [2.24, 2.45) is 0 Å². The second-order valence-corrected chi connectivity index (χ2v) is 5.27. The van der Waals surface area contributed by atoms with E-state index < -0.39 is 5.54 Å². The molecule has 0 aliphatic rings. The van der Waals surface area contributed by atoms with Gasteiger partial charge in [0.15, 0.2) is 0 Å². The number of carbonyl (C=O) groups excluding carboxylic acids is 1. The quantitative estimate of drug-likeness (QED) is 0.796. The van der Waals surface area contributed by atoms with Gasteiger partial charge in [0.25, 0.3) is 5.91 Å². The van der Waals surface area contributed by atoms with Crippen molar-refractivity contribution >= 4 is 5.91 Å². The van der Waals surface area contributed by atoms with Crippen molar-refractivity contribution in [1.82, 2.24) is 10.5 Å². The minimum absolute atomic E-state index is 0.0408. The molecule has 1 heterocycles. The lowest BCUT2D eigenvalue weighted by Gasteiger charge is -2.28. The van der Waals surface area contributed by atoms with Crippen molar-refractivity contribution < 1.29 is 14.4 Å². The molecular weight excluding hydrogens is 244 g/mol. The van der Waals surface area contributed by atoms with E-state index in [1.807, 2.05) is 20.8 Å². The first-order chi connectivity index (χ1) is 8.95. The number of hydrogen-bond acceptors (Lipinski definition) is 4. The zero-order valence-electron chi connectivity index (χ0n) is 12.2. The average Bonchev–Trinajstić information content (AvgIpc) is 2.87. The number of aliphatic hydroxyl groups is 1. The maximum absolute atomic E-state index is 12.1. The average molecular weight is 268 g/mol.